The van der Waals surface area contributed by atoms with Gasteiger partial charge in [-0.1, -0.05) is 65.7 Å². The minimum atomic E-state index is -0.740. The zero-order chi connectivity index (χ0) is 21.7. The van der Waals surface area contributed by atoms with Gasteiger partial charge in [0.05, 0.1) is 26.7 Å². The summed E-state index contributed by atoms with van der Waals surface area (Å²) in [5.74, 6) is -1.48. The Bertz CT molecular complexity index is 330. The monoisotopic (exact) mass is 402 g/mol. The van der Waals surface area contributed by atoms with Gasteiger partial charge in [0, 0.05) is 12.8 Å². The topological polar surface area (TPSA) is 74.6 Å². The van der Waals surface area contributed by atoms with Crippen molar-refractivity contribution in [2.75, 3.05) is 26.7 Å². The number of carbonyl (C=O) groups is 2. The molecule has 0 radical (unpaired) electrons. The Morgan fingerprint density at radius 3 is 1.11 bits per heavy atom. The fourth-order valence-corrected chi connectivity index (χ4v) is 3.21. The SMILES string of the molecule is CCCC[N+](C)(CCCC)CCCC.O=C(O)CCCCCCCCC(=O)O. The van der Waals surface area contributed by atoms with Crippen LogP contribution >= 0.6 is 0 Å². The van der Waals surface area contributed by atoms with Gasteiger partial charge in [-0.05, 0) is 32.1 Å². The Labute approximate surface area is 174 Å². The number of quaternary nitrogens is 1. The first-order valence-electron chi connectivity index (χ1n) is 11.6. The van der Waals surface area contributed by atoms with Gasteiger partial charge in [-0.2, -0.15) is 0 Å². The molecule has 0 aliphatic heterocycles. The third kappa shape index (κ3) is 22.9. The average Bonchev–Trinajstić information content (AvgIpc) is 2.65. The summed E-state index contributed by atoms with van der Waals surface area (Å²) in [7, 11) is 2.45. The summed E-state index contributed by atoms with van der Waals surface area (Å²) in [5, 5.41) is 16.7. The van der Waals surface area contributed by atoms with Crippen LogP contribution in [0.3, 0.4) is 0 Å². The van der Waals surface area contributed by atoms with Crippen LogP contribution in [0.15, 0.2) is 0 Å². The first-order chi connectivity index (χ1) is 13.3. The normalized spacial score (nSPS) is 11.0. The van der Waals surface area contributed by atoms with Gasteiger partial charge in [0.1, 0.15) is 0 Å². The standard InChI is InChI=1S/C13H30N.C10H18O4/c1-5-8-11-14(4,12-9-6-2)13-10-7-3;11-9(12)7-5-3-1-2-4-6-8-10(13)14/h5-13H2,1-4H3;1-8H2,(H,11,12)(H,13,14)/q+1;. The molecule has 5 nitrogen and oxygen atoms in total. The van der Waals surface area contributed by atoms with E-state index in [2.05, 4.69) is 27.8 Å². The molecule has 0 unspecified atom stereocenters. The molecule has 0 heterocycles. The number of nitrogens with zero attached hydrogens (tertiary/aromatic N) is 1. The van der Waals surface area contributed by atoms with Gasteiger partial charge >= 0.3 is 11.9 Å². The Balaban J connectivity index is 0. The third-order valence-corrected chi connectivity index (χ3v) is 5.19. The van der Waals surface area contributed by atoms with E-state index < -0.39 is 11.9 Å². The number of aliphatic carboxylic acids is 2. The largest absolute Gasteiger partial charge is 0.481 e. The van der Waals surface area contributed by atoms with Crippen LogP contribution in [-0.4, -0.2) is 53.3 Å². The fraction of sp³-hybridized carbons (Fsp3) is 0.913. The number of carboxylic acids is 2. The van der Waals surface area contributed by atoms with Crippen LogP contribution in [-0.2, 0) is 9.59 Å². The van der Waals surface area contributed by atoms with Crippen molar-refractivity contribution in [1.29, 1.82) is 0 Å². The van der Waals surface area contributed by atoms with E-state index in [4.69, 9.17) is 10.2 Å². The molecular formula is C23H48NO4+. The predicted molar refractivity (Wildman–Crippen MR) is 118 cm³/mol. The molecule has 168 valence electrons. The van der Waals surface area contributed by atoms with E-state index in [-0.39, 0.29) is 12.8 Å². The Hall–Kier alpha value is -1.10. The Morgan fingerprint density at radius 2 is 0.857 bits per heavy atom. The lowest BCUT2D eigenvalue weighted by molar-refractivity contribution is -0.910. The first-order valence-corrected chi connectivity index (χ1v) is 11.6. The second-order valence-electron chi connectivity index (χ2n) is 8.26. The summed E-state index contributed by atoms with van der Waals surface area (Å²) in [6, 6.07) is 0. The van der Waals surface area contributed by atoms with Crippen molar-refractivity contribution >= 4 is 11.9 Å². The molecule has 2 N–H and O–H groups in total. The molecule has 5 heteroatoms. The van der Waals surface area contributed by atoms with Crippen molar-refractivity contribution in [3.05, 3.63) is 0 Å². The van der Waals surface area contributed by atoms with Crippen LogP contribution in [0.1, 0.15) is 111 Å². The zero-order valence-corrected chi connectivity index (χ0v) is 19.2. The highest BCUT2D eigenvalue weighted by atomic mass is 16.4. The van der Waals surface area contributed by atoms with Crippen LogP contribution in [0.4, 0.5) is 0 Å². The van der Waals surface area contributed by atoms with Crippen molar-refractivity contribution in [3.8, 4) is 0 Å². The summed E-state index contributed by atoms with van der Waals surface area (Å²) in [5.41, 5.74) is 0. The fourth-order valence-electron chi connectivity index (χ4n) is 3.21. The molecule has 0 bridgehead atoms. The van der Waals surface area contributed by atoms with Gasteiger partial charge in [-0.25, -0.2) is 0 Å². The molecular weight excluding hydrogens is 354 g/mol. The van der Waals surface area contributed by atoms with Crippen molar-refractivity contribution < 1.29 is 24.3 Å². The molecule has 0 aromatic heterocycles. The van der Waals surface area contributed by atoms with Crippen LogP contribution in [0.2, 0.25) is 0 Å². The van der Waals surface area contributed by atoms with Gasteiger partial charge in [0.15, 0.2) is 0 Å². The van der Waals surface area contributed by atoms with E-state index in [1.165, 1.54) is 62.6 Å². The molecule has 0 amide bonds. The molecule has 0 saturated carbocycles. The van der Waals surface area contributed by atoms with Gasteiger partial charge in [0.2, 0.25) is 0 Å². The van der Waals surface area contributed by atoms with Crippen LogP contribution in [0.5, 0.6) is 0 Å². The number of rotatable bonds is 18. The molecule has 0 spiro atoms. The molecule has 0 aliphatic carbocycles. The van der Waals surface area contributed by atoms with E-state index in [0.29, 0.717) is 0 Å². The molecule has 0 atom stereocenters. The van der Waals surface area contributed by atoms with Crippen molar-refractivity contribution in [2.24, 2.45) is 0 Å². The number of unbranched alkanes of at least 4 members (excludes halogenated alkanes) is 8. The average molecular weight is 403 g/mol. The van der Waals surface area contributed by atoms with Gasteiger partial charge in [0.25, 0.3) is 0 Å². The van der Waals surface area contributed by atoms with Crippen LogP contribution < -0.4 is 0 Å². The predicted octanol–water partition coefficient (Wildman–Crippen LogP) is 6.11. The number of carboxylic acid groups (broad SMARTS) is 2. The van der Waals surface area contributed by atoms with Crippen molar-refractivity contribution in [2.45, 2.75) is 111 Å². The first kappa shape index (κ1) is 29.1. The maximum absolute atomic E-state index is 10.1. The van der Waals surface area contributed by atoms with Crippen LogP contribution in [0.25, 0.3) is 0 Å². The molecule has 0 rings (SSSR count). The number of hydrogen-bond donors (Lipinski definition) is 2. The lowest BCUT2D eigenvalue weighted by Gasteiger charge is -2.34. The lowest BCUT2D eigenvalue weighted by atomic mass is 10.1. The van der Waals surface area contributed by atoms with E-state index in [0.717, 1.165) is 38.5 Å². The van der Waals surface area contributed by atoms with E-state index in [1.807, 2.05) is 0 Å². The highest BCUT2D eigenvalue weighted by molar-refractivity contribution is 5.66. The maximum atomic E-state index is 10.1. The minimum Gasteiger partial charge on any atom is -0.481 e. The van der Waals surface area contributed by atoms with Gasteiger partial charge in [-0.3, -0.25) is 9.59 Å². The highest BCUT2D eigenvalue weighted by Crippen LogP contribution is 2.11. The van der Waals surface area contributed by atoms with Crippen molar-refractivity contribution in [1.82, 2.24) is 0 Å². The second kappa shape index (κ2) is 20.6. The van der Waals surface area contributed by atoms with Gasteiger partial charge in [-0.15, -0.1) is 0 Å². The van der Waals surface area contributed by atoms with Crippen LogP contribution in [0, 0.1) is 0 Å². The summed E-state index contributed by atoms with van der Waals surface area (Å²) in [4.78, 5) is 20.3. The molecule has 0 fully saturated rings. The maximum Gasteiger partial charge on any atom is 0.303 e. The lowest BCUT2D eigenvalue weighted by Crippen LogP contribution is -2.46. The smallest absolute Gasteiger partial charge is 0.303 e. The van der Waals surface area contributed by atoms with E-state index in [1.54, 1.807) is 0 Å². The Kier molecular flexibility index (Phi) is 21.4. The minimum absolute atomic E-state index is 0.245. The number of hydrogen-bond acceptors (Lipinski definition) is 2. The summed E-state index contributed by atoms with van der Waals surface area (Å²) in [6.07, 6.45) is 14.0. The van der Waals surface area contributed by atoms with E-state index >= 15 is 0 Å². The molecule has 28 heavy (non-hydrogen) atoms. The highest BCUT2D eigenvalue weighted by Gasteiger charge is 2.18. The summed E-state index contributed by atoms with van der Waals surface area (Å²) >= 11 is 0. The molecule has 0 aromatic rings. The summed E-state index contributed by atoms with van der Waals surface area (Å²) in [6.45, 7) is 11.0. The third-order valence-electron chi connectivity index (χ3n) is 5.19. The molecule has 0 saturated heterocycles. The Morgan fingerprint density at radius 1 is 0.571 bits per heavy atom. The molecule has 0 aromatic carbocycles. The zero-order valence-electron chi connectivity index (χ0n) is 19.2. The quantitative estimate of drug-likeness (QED) is 0.214. The molecule has 0 aliphatic rings. The second-order valence-corrected chi connectivity index (χ2v) is 8.26. The van der Waals surface area contributed by atoms with Crippen molar-refractivity contribution in [3.63, 3.8) is 0 Å². The summed E-state index contributed by atoms with van der Waals surface area (Å²) < 4.78 is 1.32. The van der Waals surface area contributed by atoms with E-state index in [9.17, 15) is 9.59 Å². The van der Waals surface area contributed by atoms with Gasteiger partial charge < -0.3 is 14.7 Å².